The number of carbonyl (C=O) groups is 1. The van der Waals surface area contributed by atoms with Gasteiger partial charge >= 0.3 is 0 Å². The van der Waals surface area contributed by atoms with Crippen LogP contribution < -0.4 is 10.2 Å². The maximum atomic E-state index is 12.6. The highest BCUT2D eigenvalue weighted by Crippen LogP contribution is 2.21. The van der Waals surface area contributed by atoms with Crippen LogP contribution in [0.1, 0.15) is 39.3 Å². The molecule has 7 heteroatoms. The quantitative estimate of drug-likeness (QED) is 0.843. The number of thiazole rings is 1. The van der Waals surface area contributed by atoms with Gasteiger partial charge in [0.15, 0.2) is 0 Å². The minimum Gasteiger partial charge on any atom is -0.354 e. The summed E-state index contributed by atoms with van der Waals surface area (Å²) >= 11 is 1.51. The van der Waals surface area contributed by atoms with E-state index in [1.807, 2.05) is 25.3 Å². The Morgan fingerprint density at radius 2 is 2.08 bits per heavy atom. The van der Waals surface area contributed by atoms with Crippen molar-refractivity contribution in [3.8, 4) is 0 Å². The summed E-state index contributed by atoms with van der Waals surface area (Å²) in [4.78, 5) is 27.0. The number of nitrogens with one attached hydrogen (secondary N) is 1. The fourth-order valence-electron chi connectivity index (χ4n) is 3.11. The SMILES string of the molecule is CCCc1nc(C)c(C(=O)NCc2cccnc2N2CCN(C)CC2)s1. The number of hydrogen-bond acceptors (Lipinski definition) is 6. The molecule has 140 valence electrons. The van der Waals surface area contributed by atoms with E-state index in [-0.39, 0.29) is 5.91 Å². The van der Waals surface area contributed by atoms with E-state index < -0.39 is 0 Å². The van der Waals surface area contributed by atoms with Crippen molar-refractivity contribution in [1.82, 2.24) is 20.2 Å². The molecule has 0 saturated carbocycles. The summed E-state index contributed by atoms with van der Waals surface area (Å²) in [6, 6.07) is 3.97. The van der Waals surface area contributed by atoms with Crippen LogP contribution in [0, 0.1) is 6.92 Å². The first-order valence-corrected chi connectivity index (χ1v) is 10.0. The monoisotopic (exact) mass is 373 g/mol. The Labute approximate surface area is 159 Å². The maximum Gasteiger partial charge on any atom is 0.263 e. The van der Waals surface area contributed by atoms with E-state index >= 15 is 0 Å². The molecule has 0 radical (unpaired) electrons. The topological polar surface area (TPSA) is 61.4 Å². The molecule has 1 fully saturated rings. The molecule has 3 heterocycles. The molecule has 2 aromatic heterocycles. The van der Waals surface area contributed by atoms with E-state index in [1.165, 1.54) is 11.3 Å². The zero-order chi connectivity index (χ0) is 18.5. The number of amides is 1. The Morgan fingerprint density at radius 1 is 1.31 bits per heavy atom. The van der Waals surface area contributed by atoms with Crippen molar-refractivity contribution < 1.29 is 4.79 Å². The second-order valence-corrected chi connectivity index (χ2v) is 7.81. The summed E-state index contributed by atoms with van der Waals surface area (Å²) in [5, 5.41) is 4.09. The molecular weight excluding hydrogens is 346 g/mol. The summed E-state index contributed by atoms with van der Waals surface area (Å²) in [6.07, 6.45) is 3.79. The van der Waals surface area contributed by atoms with Crippen LogP contribution in [0.5, 0.6) is 0 Å². The number of aromatic nitrogens is 2. The Morgan fingerprint density at radius 3 is 2.81 bits per heavy atom. The number of pyridine rings is 1. The molecule has 0 bridgehead atoms. The molecule has 0 aliphatic carbocycles. The van der Waals surface area contributed by atoms with Gasteiger partial charge in [0, 0.05) is 44.5 Å². The van der Waals surface area contributed by atoms with Gasteiger partial charge in [0.25, 0.3) is 5.91 Å². The van der Waals surface area contributed by atoms with Gasteiger partial charge in [-0.3, -0.25) is 4.79 Å². The van der Waals surface area contributed by atoms with Crippen molar-refractivity contribution in [2.75, 3.05) is 38.1 Å². The Hall–Kier alpha value is -1.99. The first-order chi connectivity index (χ1) is 12.6. The lowest BCUT2D eigenvalue weighted by Crippen LogP contribution is -2.45. The zero-order valence-corrected chi connectivity index (χ0v) is 16.6. The van der Waals surface area contributed by atoms with E-state index in [4.69, 9.17) is 0 Å². The lowest BCUT2D eigenvalue weighted by atomic mass is 10.2. The summed E-state index contributed by atoms with van der Waals surface area (Å²) < 4.78 is 0. The number of hydrogen-bond donors (Lipinski definition) is 1. The van der Waals surface area contributed by atoms with Crippen LogP contribution in [-0.2, 0) is 13.0 Å². The molecule has 0 aromatic carbocycles. The molecule has 6 nitrogen and oxygen atoms in total. The molecule has 1 saturated heterocycles. The van der Waals surface area contributed by atoms with Gasteiger partial charge < -0.3 is 15.1 Å². The number of piperazine rings is 1. The number of anilines is 1. The van der Waals surface area contributed by atoms with Crippen molar-refractivity contribution in [3.05, 3.63) is 39.5 Å². The summed E-state index contributed by atoms with van der Waals surface area (Å²) in [6.45, 7) is 8.49. The summed E-state index contributed by atoms with van der Waals surface area (Å²) in [5.74, 6) is 0.934. The van der Waals surface area contributed by atoms with E-state index in [1.54, 1.807) is 0 Å². The first-order valence-electron chi connectivity index (χ1n) is 9.20. The average molecular weight is 374 g/mol. The second-order valence-electron chi connectivity index (χ2n) is 6.73. The molecule has 1 amide bonds. The van der Waals surface area contributed by atoms with Gasteiger partial charge in [0.1, 0.15) is 10.7 Å². The van der Waals surface area contributed by atoms with Crippen LogP contribution in [0.15, 0.2) is 18.3 Å². The highest BCUT2D eigenvalue weighted by Gasteiger charge is 2.19. The fraction of sp³-hybridized carbons (Fsp3) is 0.526. The Kier molecular flexibility index (Phi) is 6.21. The van der Waals surface area contributed by atoms with Crippen molar-refractivity contribution in [3.63, 3.8) is 0 Å². The van der Waals surface area contributed by atoms with Gasteiger partial charge in [-0.1, -0.05) is 13.0 Å². The van der Waals surface area contributed by atoms with Crippen molar-refractivity contribution >= 4 is 23.1 Å². The number of carbonyl (C=O) groups excluding carboxylic acids is 1. The first kappa shape index (κ1) is 18.8. The minimum atomic E-state index is -0.0458. The zero-order valence-electron chi connectivity index (χ0n) is 15.8. The van der Waals surface area contributed by atoms with Crippen LogP contribution in [0.2, 0.25) is 0 Å². The third kappa shape index (κ3) is 4.40. The summed E-state index contributed by atoms with van der Waals surface area (Å²) in [5.41, 5.74) is 1.88. The average Bonchev–Trinajstić information content (AvgIpc) is 3.01. The van der Waals surface area contributed by atoms with Crippen LogP contribution in [0.4, 0.5) is 5.82 Å². The summed E-state index contributed by atoms with van der Waals surface area (Å²) in [7, 11) is 2.14. The largest absolute Gasteiger partial charge is 0.354 e. The van der Waals surface area contributed by atoms with Crippen molar-refractivity contribution in [1.29, 1.82) is 0 Å². The van der Waals surface area contributed by atoms with Gasteiger partial charge in [0.2, 0.25) is 0 Å². The Balaban J connectivity index is 1.67. The van der Waals surface area contributed by atoms with Gasteiger partial charge in [-0.25, -0.2) is 9.97 Å². The van der Waals surface area contributed by atoms with Crippen molar-refractivity contribution in [2.24, 2.45) is 0 Å². The number of rotatable bonds is 6. The standard InChI is InChI=1S/C19H27N5OS/c1-4-6-16-22-14(2)17(26-16)19(25)21-13-15-7-5-8-20-18(15)24-11-9-23(3)10-12-24/h5,7-8H,4,6,9-13H2,1-3H3,(H,21,25). The molecule has 1 aliphatic heterocycles. The van der Waals surface area contributed by atoms with Crippen LogP contribution in [-0.4, -0.2) is 54.0 Å². The molecule has 3 rings (SSSR count). The normalized spacial score (nSPS) is 15.3. The maximum absolute atomic E-state index is 12.6. The van der Waals surface area contributed by atoms with E-state index in [0.29, 0.717) is 6.54 Å². The number of nitrogens with zero attached hydrogens (tertiary/aromatic N) is 4. The van der Waals surface area contributed by atoms with Gasteiger partial charge in [-0.05, 0) is 32.9 Å². The molecule has 2 aromatic rings. The smallest absolute Gasteiger partial charge is 0.263 e. The lowest BCUT2D eigenvalue weighted by Gasteiger charge is -2.34. The van der Waals surface area contributed by atoms with Crippen LogP contribution >= 0.6 is 11.3 Å². The van der Waals surface area contributed by atoms with Crippen molar-refractivity contribution in [2.45, 2.75) is 33.2 Å². The Bertz CT molecular complexity index is 752. The van der Waals surface area contributed by atoms with E-state index in [9.17, 15) is 4.79 Å². The third-order valence-electron chi connectivity index (χ3n) is 4.62. The minimum absolute atomic E-state index is 0.0458. The molecule has 0 unspecified atom stereocenters. The van der Waals surface area contributed by atoms with Crippen LogP contribution in [0.3, 0.4) is 0 Å². The molecule has 1 N–H and O–H groups in total. The van der Waals surface area contributed by atoms with Gasteiger partial charge in [0.05, 0.1) is 10.7 Å². The molecule has 0 atom stereocenters. The van der Waals surface area contributed by atoms with Gasteiger partial charge in [-0.2, -0.15) is 0 Å². The molecule has 0 spiro atoms. The molecule has 1 aliphatic rings. The van der Waals surface area contributed by atoms with E-state index in [0.717, 1.165) is 66.0 Å². The van der Waals surface area contributed by atoms with E-state index in [2.05, 4.69) is 39.1 Å². The second kappa shape index (κ2) is 8.60. The lowest BCUT2D eigenvalue weighted by molar-refractivity contribution is 0.0954. The predicted molar refractivity (Wildman–Crippen MR) is 106 cm³/mol. The van der Waals surface area contributed by atoms with Gasteiger partial charge in [-0.15, -0.1) is 11.3 Å². The third-order valence-corrected chi connectivity index (χ3v) is 5.84. The highest BCUT2D eigenvalue weighted by atomic mass is 32.1. The molecular formula is C19H27N5OS. The number of aryl methyl sites for hydroxylation is 2. The predicted octanol–water partition coefficient (Wildman–Crippen LogP) is 2.48. The molecule has 26 heavy (non-hydrogen) atoms. The number of likely N-dealkylation sites (N-methyl/N-ethyl adjacent to an activating group) is 1. The van der Waals surface area contributed by atoms with Crippen LogP contribution in [0.25, 0.3) is 0 Å². The highest BCUT2D eigenvalue weighted by molar-refractivity contribution is 7.13. The fourth-order valence-corrected chi connectivity index (χ4v) is 4.19.